The topological polar surface area (TPSA) is 78.3 Å². The predicted molar refractivity (Wildman–Crippen MR) is 135 cm³/mol. The van der Waals surface area contributed by atoms with E-state index < -0.39 is 0 Å². The molecule has 2 heterocycles. The summed E-state index contributed by atoms with van der Waals surface area (Å²) in [6.45, 7) is 5.82. The molecule has 9 heteroatoms. The van der Waals surface area contributed by atoms with Gasteiger partial charge in [-0.1, -0.05) is 35.1 Å². The van der Waals surface area contributed by atoms with Crippen molar-refractivity contribution in [2.75, 3.05) is 19.5 Å². The van der Waals surface area contributed by atoms with E-state index in [1.165, 1.54) is 11.3 Å². The molecule has 0 fully saturated rings. The van der Waals surface area contributed by atoms with E-state index >= 15 is 0 Å². The van der Waals surface area contributed by atoms with Crippen LogP contribution in [0.4, 0.5) is 5.69 Å². The maximum absolute atomic E-state index is 13.1. The third kappa shape index (κ3) is 4.78. The second-order valence-electron chi connectivity index (χ2n) is 7.80. The maximum atomic E-state index is 13.1. The quantitative estimate of drug-likeness (QED) is 0.351. The van der Waals surface area contributed by atoms with Crippen LogP contribution in [0.5, 0.6) is 11.5 Å². The Morgan fingerprint density at radius 3 is 2.47 bits per heavy atom. The average molecular weight is 497 g/mol. The Hall–Kier alpha value is -3.36. The van der Waals surface area contributed by atoms with Gasteiger partial charge in [0.05, 0.1) is 31.3 Å². The number of methoxy groups -OCH3 is 2. The van der Waals surface area contributed by atoms with Crippen molar-refractivity contribution in [3.05, 3.63) is 80.6 Å². The minimum Gasteiger partial charge on any atom is -0.497 e. The van der Waals surface area contributed by atoms with Crippen LogP contribution in [0.15, 0.2) is 42.5 Å². The number of ether oxygens (including phenoxy) is 2. The molecule has 4 rings (SSSR count). The Balaban J connectivity index is 1.60. The molecule has 0 radical (unpaired) electrons. The van der Waals surface area contributed by atoms with E-state index in [-0.39, 0.29) is 5.91 Å². The molecule has 0 bridgehead atoms. The molecular weight excluding hydrogens is 472 g/mol. The van der Waals surface area contributed by atoms with E-state index in [1.54, 1.807) is 32.4 Å². The van der Waals surface area contributed by atoms with E-state index in [0.29, 0.717) is 37.9 Å². The van der Waals surface area contributed by atoms with Crippen LogP contribution in [0, 0.1) is 20.8 Å². The first kappa shape index (κ1) is 23.8. The number of hydrogen-bond donors (Lipinski definition) is 1. The minimum absolute atomic E-state index is 0.257. The molecule has 0 spiro atoms. The highest BCUT2D eigenvalue weighted by Crippen LogP contribution is 2.31. The molecule has 0 aliphatic rings. The van der Waals surface area contributed by atoms with Crippen molar-refractivity contribution in [2.24, 2.45) is 0 Å². The van der Waals surface area contributed by atoms with Gasteiger partial charge in [0.1, 0.15) is 16.4 Å². The third-order valence-electron chi connectivity index (χ3n) is 5.56. The van der Waals surface area contributed by atoms with Gasteiger partial charge >= 0.3 is 0 Å². The summed E-state index contributed by atoms with van der Waals surface area (Å²) in [7, 11) is 3.13. The Morgan fingerprint density at radius 2 is 1.79 bits per heavy atom. The molecule has 1 amide bonds. The fraction of sp³-hybridized carbons (Fsp3) is 0.240. The highest BCUT2D eigenvalue weighted by atomic mass is 35.5. The summed E-state index contributed by atoms with van der Waals surface area (Å²) in [5, 5.41) is 8.98. The zero-order valence-electron chi connectivity index (χ0n) is 19.6. The normalized spacial score (nSPS) is 10.9. The van der Waals surface area contributed by atoms with Gasteiger partial charge in [-0.2, -0.15) is 5.10 Å². The molecule has 1 N–H and O–H groups in total. The van der Waals surface area contributed by atoms with Gasteiger partial charge in [-0.15, -0.1) is 0 Å². The molecule has 0 unspecified atom stereocenters. The highest BCUT2D eigenvalue weighted by molar-refractivity contribution is 7.16. The monoisotopic (exact) mass is 496 g/mol. The van der Waals surface area contributed by atoms with E-state index in [2.05, 4.69) is 10.3 Å². The van der Waals surface area contributed by atoms with Crippen LogP contribution in [0.25, 0.3) is 5.13 Å². The van der Waals surface area contributed by atoms with Crippen LogP contribution in [0.2, 0.25) is 5.02 Å². The van der Waals surface area contributed by atoms with E-state index in [9.17, 15) is 4.79 Å². The number of nitrogens with zero attached hydrogens (tertiary/aromatic N) is 3. The Morgan fingerprint density at radius 1 is 1.06 bits per heavy atom. The predicted octanol–water partition coefficient (Wildman–Crippen LogP) is 5.77. The number of benzene rings is 2. The number of nitrogens with one attached hydrogen (secondary N) is 1. The fourth-order valence-corrected chi connectivity index (χ4v) is 4.78. The van der Waals surface area contributed by atoms with Gasteiger partial charge in [0.15, 0.2) is 0 Å². The number of carbonyl (C=O) groups excluding carboxylic acids is 1. The molecule has 176 valence electrons. The van der Waals surface area contributed by atoms with Gasteiger partial charge in [-0.05, 0) is 50.6 Å². The Bertz CT molecular complexity index is 1350. The zero-order chi connectivity index (χ0) is 24.4. The van der Waals surface area contributed by atoms with E-state index in [1.807, 2.05) is 49.7 Å². The first-order chi connectivity index (χ1) is 16.3. The number of hydrogen-bond acceptors (Lipinski definition) is 6. The van der Waals surface area contributed by atoms with Crippen LogP contribution in [-0.2, 0) is 6.42 Å². The summed E-state index contributed by atoms with van der Waals surface area (Å²) in [5.41, 5.74) is 5.39. The standard InChI is InChI=1S/C25H25ClN4O3S/c1-14-20(12-17-6-8-18(26)9-7-17)16(3)30(29-14)25-27-15(2)23(34-25)24(31)28-21-11-10-19(32-4)13-22(21)33-5/h6-11,13H,12H2,1-5H3,(H,28,31). The number of carbonyl (C=O) groups is 1. The second kappa shape index (κ2) is 9.87. The number of aromatic nitrogens is 3. The van der Waals surface area contributed by atoms with Crippen LogP contribution in [-0.4, -0.2) is 34.9 Å². The molecular formula is C25H25ClN4O3S. The summed E-state index contributed by atoms with van der Waals surface area (Å²) in [6, 6.07) is 13.0. The molecule has 34 heavy (non-hydrogen) atoms. The SMILES string of the molecule is COc1ccc(NC(=O)c2sc(-n3nc(C)c(Cc4ccc(Cl)cc4)c3C)nc2C)c(OC)c1. The van der Waals surface area contributed by atoms with Crippen molar-refractivity contribution in [1.82, 2.24) is 14.8 Å². The summed E-state index contributed by atoms with van der Waals surface area (Å²) in [4.78, 5) is 18.2. The van der Waals surface area contributed by atoms with Crippen LogP contribution in [0.1, 0.15) is 37.9 Å². The lowest BCUT2D eigenvalue weighted by atomic mass is 10.0. The van der Waals surface area contributed by atoms with Crippen LogP contribution >= 0.6 is 22.9 Å². The number of rotatable bonds is 7. The number of amides is 1. The van der Waals surface area contributed by atoms with Crippen LogP contribution < -0.4 is 14.8 Å². The molecule has 0 saturated heterocycles. The molecule has 2 aromatic heterocycles. The third-order valence-corrected chi connectivity index (χ3v) is 6.95. The highest BCUT2D eigenvalue weighted by Gasteiger charge is 2.21. The lowest BCUT2D eigenvalue weighted by Gasteiger charge is -2.11. The molecule has 0 saturated carbocycles. The molecule has 0 atom stereocenters. The Labute approximate surface area is 207 Å². The van der Waals surface area contributed by atoms with Gasteiger partial charge < -0.3 is 14.8 Å². The number of thiazole rings is 1. The summed E-state index contributed by atoms with van der Waals surface area (Å²) >= 11 is 7.32. The first-order valence-corrected chi connectivity index (χ1v) is 11.8. The summed E-state index contributed by atoms with van der Waals surface area (Å²) < 4.78 is 12.4. The van der Waals surface area contributed by atoms with Gasteiger partial charge in [-0.25, -0.2) is 9.67 Å². The second-order valence-corrected chi connectivity index (χ2v) is 9.21. The first-order valence-electron chi connectivity index (χ1n) is 10.6. The van der Waals surface area contributed by atoms with Gasteiger partial charge in [0, 0.05) is 28.8 Å². The molecule has 2 aromatic carbocycles. The van der Waals surface area contributed by atoms with Gasteiger partial charge in [-0.3, -0.25) is 4.79 Å². The minimum atomic E-state index is -0.257. The summed E-state index contributed by atoms with van der Waals surface area (Å²) in [6.07, 6.45) is 0.740. The lowest BCUT2D eigenvalue weighted by molar-refractivity contribution is 0.102. The van der Waals surface area contributed by atoms with Crippen molar-refractivity contribution in [3.63, 3.8) is 0 Å². The molecule has 0 aliphatic carbocycles. The van der Waals surface area contributed by atoms with Gasteiger partial charge in [0.2, 0.25) is 5.13 Å². The Kier molecular flexibility index (Phi) is 6.90. The van der Waals surface area contributed by atoms with E-state index in [0.717, 1.165) is 28.9 Å². The lowest BCUT2D eigenvalue weighted by Crippen LogP contribution is -2.12. The molecule has 0 aliphatic heterocycles. The average Bonchev–Trinajstić information content (AvgIpc) is 3.35. The van der Waals surface area contributed by atoms with Crippen molar-refractivity contribution in [2.45, 2.75) is 27.2 Å². The van der Waals surface area contributed by atoms with Crippen molar-refractivity contribution < 1.29 is 14.3 Å². The summed E-state index contributed by atoms with van der Waals surface area (Å²) in [5.74, 6) is 0.901. The number of aryl methyl sites for hydroxylation is 2. The van der Waals surface area contributed by atoms with Crippen LogP contribution in [0.3, 0.4) is 0 Å². The zero-order valence-corrected chi connectivity index (χ0v) is 21.2. The van der Waals surface area contributed by atoms with E-state index in [4.69, 9.17) is 26.2 Å². The maximum Gasteiger partial charge on any atom is 0.267 e. The number of halogens is 1. The molecule has 7 nitrogen and oxygen atoms in total. The van der Waals surface area contributed by atoms with Gasteiger partial charge in [0.25, 0.3) is 5.91 Å². The number of anilines is 1. The molecule has 4 aromatic rings. The smallest absolute Gasteiger partial charge is 0.267 e. The largest absolute Gasteiger partial charge is 0.497 e. The van der Waals surface area contributed by atoms with Crippen molar-refractivity contribution in [1.29, 1.82) is 0 Å². The van der Waals surface area contributed by atoms with Crippen molar-refractivity contribution in [3.8, 4) is 16.6 Å². The fourth-order valence-electron chi connectivity index (χ4n) is 3.69. The van der Waals surface area contributed by atoms with Crippen molar-refractivity contribution >= 4 is 34.5 Å².